The fraction of sp³-hybridized carbons (Fsp3) is 0.750. The molecule has 0 aromatic heterocycles. The minimum absolute atomic E-state index is 0.145. The Morgan fingerprint density at radius 1 is 0.708 bits per heavy atom. The SMILES string of the molecule is C[C@@H]1C(OC(=O)C(C)(C)C)[C@H](OCc2ccccc2)OC(COC(=O)C(C)(C)C)[C@H]1O[C@@H]1OC(CO)[C@H](O)[C@H](C)C1OC(=O)C(C)(C)C. The maximum Gasteiger partial charge on any atom is 0.311 e. The van der Waals surface area contributed by atoms with Crippen molar-refractivity contribution in [1.29, 1.82) is 0 Å². The van der Waals surface area contributed by atoms with Crippen molar-refractivity contribution < 1.29 is 57.8 Å². The molecule has 0 radical (unpaired) electrons. The summed E-state index contributed by atoms with van der Waals surface area (Å²) in [4.78, 5) is 39.2. The molecule has 1 aromatic rings. The van der Waals surface area contributed by atoms with Crippen molar-refractivity contribution in [3.63, 3.8) is 0 Å². The van der Waals surface area contributed by atoms with Crippen LogP contribution in [-0.2, 0) is 54.1 Å². The van der Waals surface area contributed by atoms with Crippen molar-refractivity contribution in [3.05, 3.63) is 35.9 Å². The van der Waals surface area contributed by atoms with E-state index in [1.54, 1.807) is 76.2 Å². The fourth-order valence-electron chi connectivity index (χ4n) is 5.16. The minimum atomic E-state index is -1.27. The number of aliphatic hydroxyl groups is 2. The number of hydrogen-bond donors (Lipinski definition) is 2. The molecule has 1 aromatic carbocycles. The molecule has 48 heavy (non-hydrogen) atoms. The Labute approximate surface area is 284 Å². The van der Waals surface area contributed by atoms with E-state index in [4.69, 9.17) is 33.2 Å². The monoisotopic (exact) mass is 680 g/mol. The van der Waals surface area contributed by atoms with Crippen LogP contribution in [0.25, 0.3) is 0 Å². The molecule has 2 aliphatic rings. The third-order valence-electron chi connectivity index (χ3n) is 8.43. The first-order valence-corrected chi connectivity index (χ1v) is 16.6. The van der Waals surface area contributed by atoms with E-state index in [0.717, 1.165) is 5.56 Å². The number of carbonyl (C=O) groups is 3. The number of esters is 3. The summed E-state index contributed by atoms with van der Waals surface area (Å²) in [6, 6.07) is 9.43. The normalized spacial score (nSPS) is 31.5. The molecule has 0 amide bonds. The molecular weight excluding hydrogens is 624 g/mol. The van der Waals surface area contributed by atoms with Crippen LogP contribution in [-0.4, -0.2) is 90.5 Å². The third kappa shape index (κ3) is 10.2. The molecule has 0 aliphatic carbocycles. The van der Waals surface area contributed by atoms with E-state index in [-0.39, 0.29) is 13.2 Å². The van der Waals surface area contributed by atoms with Crippen LogP contribution in [0.3, 0.4) is 0 Å². The Morgan fingerprint density at radius 2 is 1.21 bits per heavy atom. The van der Waals surface area contributed by atoms with Gasteiger partial charge >= 0.3 is 17.9 Å². The average molecular weight is 681 g/mol. The van der Waals surface area contributed by atoms with Gasteiger partial charge in [-0.15, -0.1) is 0 Å². The molecule has 0 bridgehead atoms. The molecule has 10 atom stereocenters. The van der Waals surface area contributed by atoms with E-state index in [2.05, 4.69) is 0 Å². The molecule has 12 heteroatoms. The van der Waals surface area contributed by atoms with Crippen LogP contribution in [0.4, 0.5) is 0 Å². The first kappa shape index (κ1) is 39.8. The summed E-state index contributed by atoms with van der Waals surface area (Å²) < 4.78 is 42.9. The number of carbonyl (C=O) groups excluding carboxylic acids is 3. The summed E-state index contributed by atoms with van der Waals surface area (Å²) in [7, 11) is 0. The second kappa shape index (κ2) is 15.9. The second-order valence-electron chi connectivity index (χ2n) is 16.0. The average Bonchev–Trinajstić information content (AvgIpc) is 2.99. The van der Waals surface area contributed by atoms with Crippen molar-refractivity contribution in [3.8, 4) is 0 Å². The number of rotatable bonds is 10. The lowest BCUT2D eigenvalue weighted by Gasteiger charge is -2.48. The van der Waals surface area contributed by atoms with Gasteiger partial charge in [0.25, 0.3) is 0 Å². The molecule has 2 heterocycles. The molecule has 2 fully saturated rings. The highest BCUT2D eigenvalue weighted by Gasteiger charge is 2.53. The third-order valence-corrected chi connectivity index (χ3v) is 8.43. The van der Waals surface area contributed by atoms with Gasteiger partial charge in [-0.05, 0) is 67.9 Å². The van der Waals surface area contributed by atoms with Gasteiger partial charge in [0.1, 0.15) is 18.8 Å². The zero-order chi connectivity index (χ0) is 36.2. The lowest BCUT2D eigenvalue weighted by atomic mass is 9.88. The quantitative estimate of drug-likeness (QED) is 0.269. The van der Waals surface area contributed by atoms with Crippen molar-refractivity contribution in [2.45, 2.75) is 132 Å². The van der Waals surface area contributed by atoms with E-state index in [1.807, 2.05) is 30.3 Å². The van der Waals surface area contributed by atoms with Crippen molar-refractivity contribution >= 4 is 17.9 Å². The molecule has 272 valence electrons. The molecule has 0 saturated carbocycles. The van der Waals surface area contributed by atoms with Gasteiger partial charge in [-0.3, -0.25) is 14.4 Å². The standard InChI is InChI=1S/C36H56O12/c1-20-25(38)23(17-37)44-30(27(20)47-32(40)35(6,7)8)46-26-21(2)28(48-33(41)36(9,10)11)29(42-18-22-15-13-12-14-16-22)45-24(26)19-43-31(39)34(3,4)5/h12-16,20-21,23-30,37-38H,17-19H2,1-11H3/t20-,21-,23?,24?,25+,26-,27?,28?,29+,30-/m0/s1. The van der Waals surface area contributed by atoms with Crippen LogP contribution < -0.4 is 0 Å². The Bertz CT molecular complexity index is 1210. The van der Waals surface area contributed by atoms with Crippen LogP contribution in [0.15, 0.2) is 30.3 Å². The number of hydrogen-bond acceptors (Lipinski definition) is 12. The van der Waals surface area contributed by atoms with Gasteiger partial charge in [-0.2, -0.15) is 0 Å². The lowest BCUT2D eigenvalue weighted by molar-refractivity contribution is -0.350. The van der Waals surface area contributed by atoms with E-state index < -0.39 is 102 Å². The molecule has 2 aliphatic heterocycles. The predicted octanol–water partition coefficient (Wildman–Crippen LogP) is 4.17. The first-order chi connectivity index (χ1) is 22.1. The van der Waals surface area contributed by atoms with Crippen LogP contribution in [0, 0.1) is 28.1 Å². The van der Waals surface area contributed by atoms with Gasteiger partial charge in [0.05, 0.1) is 41.7 Å². The molecular formula is C36H56O12. The van der Waals surface area contributed by atoms with Gasteiger partial charge in [-0.25, -0.2) is 0 Å². The van der Waals surface area contributed by atoms with E-state index in [0.29, 0.717) is 0 Å². The Hall–Kier alpha value is -2.61. The summed E-state index contributed by atoms with van der Waals surface area (Å²) >= 11 is 0. The summed E-state index contributed by atoms with van der Waals surface area (Å²) in [6.07, 6.45) is -8.51. The highest BCUT2D eigenvalue weighted by Crippen LogP contribution is 2.38. The van der Waals surface area contributed by atoms with Crippen LogP contribution >= 0.6 is 0 Å². The van der Waals surface area contributed by atoms with Crippen molar-refractivity contribution in [1.82, 2.24) is 0 Å². The molecule has 3 rings (SSSR count). The van der Waals surface area contributed by atoms with Crippen molar-refractivity contribution in [2.75, 3.05) is 13.2 Å². The van der Waals surface area contributed by atoms with Crippen LogP contribution in [0.5, 0.6) is 0 Å². The lowest BCUT2D eigenvalue weighted by Crippen LogP contribution is -2.62. The van der Waals surface area contributed by atoms with Crippen LogP contribution in [0.1, 0.15) is 81.7 Å². The molecule has 4 unspecified atom stereocenters. The first-order valence-electron chi connectivity index (χ1n) is 16.6. The fourth-order valence-corrected chi connectivity index (χ4v) is 5.16. The molecule has 2 saturated heterocycles. The van der Waals surface area contributed by atoms with E-state index in [1.165, 1.54) is 0 Å². The van der Waals surface area contributed by atoms with Gasteiger partial charge in [0.2, 0.25) is 0 Å². The maximum absolute atomic E-state index is 13.2. The van der Waals surface area contributed by atoms with E-state index in [9.17, 15) is 24.6 Å². The number of ether oxygens (including phenoxy) is 7. The summed E-state index contributed by atoms with van der Waals surface area (Å²) in [5.41, 5.74) is -1.66. The van der Waals surface area contributed by atoms with Crippen LogP contribution in [0.2, 0.25) is 0 Å². The Balaban J connectivity index is 2.02. The van der Waals surface area contributed by atoms with Gasteiger partial charge in [0.15, 0.2) is 24.8 Å². The summed E-state index contributed by atoms with van der Waals surface area (Å²) in [6.45, 7) is 18.4. The predicted molar refractivity (Wildman–Crippen MR) is 174 cm³/mol. The Kier molecular flexibility index (Phi) is 13.2. The highest BCUT2D eigenvalue weighted by molar-refractivity contribution is 5.76. The van der Waals surface area contributed by atoms with Gasteiger partial charge in [0, 0.05) is 11.8 Å². The largest absolute Gasteiger partial charge is 0.462 e. The van der Waals surface area contributed by atoms with E-state index >= 15 is 0 Å². The Morgan fingerprint density at radius 3 is 1.71 bits per heavy atom. The smallest absolute Gasteiger partial charge is 0.311 e. The summed E-state index contributed by atoms with van der Waals surface area (Å²) in [5.74, 6) is -2.83. The molecule has 0 spiro atoms. The zero-order valence-electron chi connectivity index (χ0n) is 30.3. The molecule has 12 nitrogen and oxygen atoms in total. The topological polar surface area (TPSA) is 156 Å². The number of benzene rings is 1. The number of aliphatic hydroxyl groups excluding tert-OH is 2. The zero-order valence-corrected chi connectivity index (χ0v) is 30.3. The van der Waals surface area contributed by atoms with Crippen molar-refractivity contribution in [2.24, 2.45) is 28.1 Å². The second-order valence-corrected chi connectivity index (χ2v) is 16.0. The van der Waals surface area contributed by atoms with Gasteiger partial charge in [-0.1, -0.05) is 44.2 Å². The summed E-state index contributed by atoms with van der Waals surface area (Å²) in [5, 5.41) is 20.9. The highest BCUT2D eigenvalue weighted by atomic mass is 16.7. The molecule has 2 N–H and O–H groups in total. The maximum atomic E-state index is 13.2. The van der Waals surface area contributed by atoms with Gasteiger partial charge < -0.3 is 43.4 Å². The minimum Gasteiger partial charge on any atom is -0.462 e.